The zero-order chi connectivity index (χ0) is 18.0. The summed E-state index contributed by atoms with van der Waals surface area (Å²) in [7, 11) is -6.77. The molecule has 0 bridgehead atoms. The first kappa shape index (κ1) is 18.6. The predicted octanol–water partition coefficient (Wildman–Crippen LogP) is 2.12. The SMILES string of the molecule is CN(C)CC(F)(S(=O)(=O)c1ccccc1)S(=O)(=O)c1ccccc1. The molecule has 0 radical (unpaired) electrons. The molecule has 0 heterocycles. The van der Waals surface area contributed by atoms with Gasteiger partial charge in [0.1, 0.15) is 0 Å². The van der Waals surface area contributed by atoms with Gasteiger partial charge in [0.15, 0.2) is 0 Å². The standard InChI is InChI=1S/C16H18FNO4S2/c1-18(2)13-16(17,23(19,20)14-9-5-3-6-10-14)24(21,22)15-11-7-4-8-12-15/h3-12H,13H2,1-2H3. The minimum absolute atomic E-state index is 0.381. The molecule has 130 valence electrons. The van der Waals surface area contributed by atoms with Gasteiger partial charge in [-0.2, -0.15) is 0 Å². The van der Waals surface area contributed by atoms with Crippen molar-refractivity contribution >= 4 is 19.7 Å². The van der Waals surface area contributed by atoms with E-state index in [2.05, 4.69) is 0 Å². The van der Waals surface area contributed by atoms with E-state index in [-0.39, 0.29) is 9.79 Å². The Bertz CT molecular complexity index is 826. The van der Waals surface area contributed by atoms with E-state index in [4.69, 9.17) is 0 Å². The number of hydrogen-bond acceptors (Lipinski definition) is 5. The summed E-state index contributed by atoms with van der Waals surface area (Å²) in [6, 6.07) is 13.5. The van der Waals surface area contributed by atoms with Crippen LogP contribution in [0.3, 0.4) is 0 Å². The zero-order valence-electron chi connectivity index (χ0n) is 13.3. The summed E-state index contributed by atoms with van der Waals surface area (Å²) in [6.45, 7) is -0.818. The molecule has 0 saturated carbocycles. The number of sulfone groups is 2. The lowest BCUT2D eigenvalue weighted by molar-refractivity contribution is 0.267. The molecule has 2 rings (SSSR count). The Morgan fingerprint density at radius 1 is 0.792 bits per heavy atom. The summed E-state index contributed by atoms with van der Waals surface area (Å²) < 4.78 is 63.6. The lowest BCUT2D eigenvalue weighted by Crippen LogP contribution is -2.49. The molecule has 5 nitrogen and oxygen atoms in total. The van der Waals surface area contributed by atoms with Gasteiger partial charge in [-0.3, -0.25) is 0 Å². The highest BCUT2D eigenvalue weighted by Crippen LogP contribution is 2.37. The Balaban J connectivity index is 2.73. The van der Waals surface area contributed by atoms with Gasteiger partial charge >= 0.3 is 4.33 Å². The topological polar surface area (TPSA) is 71.5 Å². The maximum atomic E-state index is 15.8. The molecule has 0 amide bonds. The lowest BCUT2D eigenvalue weighted by Gasteiger charge is -2.28. The van der Waals surface area contributed by atoms with Crippen molar-refractivity contribution < 1.29 is 21.2 Å². The van der Waals surface area contributed by atoms with Crippen molar-refractivity contribution in [3.8, 4) is 0 Å². The molecule has 0 aliphatic rings. The second-order valence-electron chi connectivity index (χ2n) is 5.53. The average Bonchev–Trinajstić information content (AvgIpc) is 2.55. The summed E-state index contributed by atoms with van der Waals surface area (Å²) >= 11 is 0. The maximum Gasteiger partial charge on any atom is 0.330 e. The van der Waals surface area contributed by atoms with Gasteiger partial charge in [-0.1, -0.05) is 36.4 Å². The molecule has 8 heteroatoms. The van der Waals surface area contributed by atoms with Crippen LogP contribution in [0.15, 0.2) is 70.5 Å². The highest BCUT2D eigenvalue weighted by molar-refractivity contribution is 8.10. The first-order valence-electron chi connectivity index (χ1n) is 7.06. The van der Waals surface area contributed by atoms with E-state index in [0.29, 0.717) is 0 Å². The van der Waals surface area contributed by atoms with Crippen molar-refractivity contribution in [2.45, 2.75) is 14.1 Å². The van der Waals surface area contributed by atoms with Crippen LogP contribution in [0.2, 0.25) is 0 Å². The van der Waals surface area contributed by atoms with Crippen LogP contribution in [-0.2, 0) is 19.7 Å². The van der Waals surface area contributed by atoms with Gasteiger partial charge in [0.05, 0.1) is 16.3 Å². The summed E-state index contributed by atoms with van der Waals surface area (Å²) in [4.78, 5) is 0.434. The molecule has 0 fully saturated rings. The molecular weight excluding hydrogens is 353 g/mol. The van der Waals surface area contributed by atoms with Gasteiger partial charge < -0.3 is 4.90 Å². The summed E-state index contributed by atoms with van der Waals surface area (Å²) in [5.41, 5.74) is 0. The minimum atomic E-state index is -4.80. The van der Waals surface area contributed by atoms with Gasteiger partial charge in [-0.25, -0.2) is 21.2 Å². The monoisotopic (exact) mass is 371 g/mol. The van der Waals surface area contributed by atoms with Crippen molar-refractivity contribution in [3.05, 3.63) is 60.7 Å². The first-order chi connectivity index (χ1) is 11.1. The fourth-order valence-electron chi connectivity index (χ4n) is 2.24. The summed E-state index contributed by atoms with van der Waals surface area (Å²) in [6.07, 6.45) is 0. The van der Waals surface area contributed by atoms with E-state index < -0.39 is 30.6 Å². The van der Waals surface area contributed by atoms with Gasteiger partial charge in [-0.15, -0.1) is 0 Å². The maximum absolute atomic E-state index is 15.8. The van der Waals surface area contributed by atoms with Crippen LogP contribution in [-0.4, -0.2) is 46.7 Å². The van der Waals surface area contributed by atoms with Gasteiger partial charge in [0.2, 0.25) is 19.7 Å². The molecule has 2 aromatic carbocycles. The third-order valence-corrected chi connectivity index (χ3v) is 8.38. The normalized spacial score (nSPS) is 13.2. The van der Waals surface area contributed by atoms with E-state index >= 15 is 4.39 Å². The van der Waals surface area contributed by atoms with Crippen LogP contribution < -0.4 is 0 Å². The number of halogens is 1. The highest BCUT2D eigenvalue weighted by atomic mass is 32.3. The largest absolute Gasteiger partial charge is 0.330 e. The van der Waals surface area contributed by atoms with Crippen molar-refractivity contribution in [2.75, 3.05) is 20.6 Å². The molecule has 0 spiro atoms. The quantitative estimate of drug-likeness (QED) is 0.778. The fraction of sp³-hybridized carbons (Fsp3) is 0.250. The van der Waals surface area contributed by atoms with Crippen LogP contribution in [0.25, 0.3) is 0 Å². The van der Waals surface area contributed by atoms with Crippen LogP contribution in [0, 0.1) is 0 Å². The third kappa shape index (κ3) is 3.09. The third-order valence-electron chi connectivity index (χ3n) is 3.41. The Labute approximate surface area is 141 Å². The molecular formula is C16H18FNO4S2. The number of nitrogens with zero attached hydrogens (tertiary/aromatic N) is 1. The number of benzene rings is 2. The zero-order valence-corrected chi connectivity index (χ0v) is 14.9. The van der Waals surface area contributed by atoms with E-state index in [1.54, 1.807) is 12.1 Å². The molecule has 0 aromatic heterocycles. The Hall–Kier alpha value is -1.77. The van der Waals surface area contributed by atoms with Crippen LogP contribution in [0.4, 0.5) is 4.39 Å². The number of alkyl halides is 1. The van der Waals surface area contributed by atoms with Crippen LogP contribution >= 0.6 is 0 Å². The second-order valence-corrected chi connectivity index (χ2v) is 10.0. The Morgan fingerprint density at radius 2 is 1.12 bits per heavy atom. The molecule has 0 aliphatic carbocycles. The highest BCUT2D eigenvalue weighted by Gasteiger charge is 2.57. The first-order valence-corrected chi connectivity index (χ1v) is 10.0. The Kier molecular flexibility index (Phi) is 5.12. The minimum Gasteiger partial charge on any atom is -0.304 e. The molecule has 0 atom stereocenters. The summed E-state index contributed by atoms with van der Waals surface area (Å²) in [5.74, 6) is 0. The summed E-state index contributed by atoms with van der Waals surface area (Å²) in [5, 5.41) is 0. The second kappa shape index (κ2) is 6.62. The van der Waals surface area contributed by atoms with Crippen molar-refractivity contribution in [3.63, 3.8) is 0 Å². The number of rotatable bonds is 6. The van der Waals surface area contributed by atoms with Gasteiger partial charge in [-0.05, 0) is 38.4 Å². The Morgan fingerprint density at radius 3 is 1.42 bits per heavy atom. The van der Waals surface area contributed by atoms with Gasteiger partial charge in [0.25, 0.3) is 0 Å². The van der Waals surface area contributed by atoms with E-state index in [1.165, 1.54) is 67.5 Å². The van der Waals surface area contributed by atoms with Crippen molar-refractivity contribution in [2.24, 2.45) is 0 Å². The van der Waals surface area contributed by atoms with Gasteiger partial charge in [0, 0.05) is 0 Å². The molecule has 0 saturated heterocycles. The molecule has 0 N–H and O–H groups in total. The smallest absolute Gasteiger partial charge is 0.304 e. The average molecular weight is 371 g/mol. The van der Waals surface area contributed by atoms with Crippen molar-refractivity contribution in [1.82, 2.24) is 4.90 Å². The molecule has 2 aromatic rings. The number of hydrogen-bond donors (Lipinski definition) is 0. The molecule has 24 heavy (non-hydrogen) atoms. The predicted molar refractivity (Wildman–Crippen MR) is 89.6 cm³/mol. The van der Waals surface area contributed by atoms with E-state index in [9.17, 15) is 16.8 Å². The van der Waals surface area contributed by atoms with Crippen LogP contribution in [0.5, 0.6) is 0 Å². The lowest BCUT2D eigenvalue weighted by atomic mass is 10.4. The van der Waals surface area contributed by atoms with E-state index in [1.807, 2.05) is 0 Å². The van der Waals surface area contributed by atoms with E-state index in [0.717, 1.165) is 0 Å². The van der Waals surface area contributed by atoms with Crippen LogP contribution in [0.1, 0.15) is 0 Å². The molecule has 0 aliphatic heterocycles. The fourth-order valence-corrected chi connectivity index (χ4v) is 6.57. The molecule has 0 unspecified atom stereocenters. The van der Waals surface area contributed by atoms with Crippen molar-refractivity contribution in [1.29, 1.82) is 0 Å².